The normalized spacial score (nSPS) is 21.4. The predicted molar refractivity (Wildman–Crippen MR) is 155 cm³/mol. The van der Waals surface area contributed by atoms with Crippen molar-refractivity contribution in [2.24, 2.45) is 17.8 Å². The number of carboxylic acids is 1. The van der Waals surface area contributed by atoms with Gasteiger partial charge in [-0.1, -0.05) is 18.2 Å². The summed E-state index contributed by atoms with van der Waals surface area (Å²) in [6, 6.07) is 20.5. The van der Waals surface area contributed by atoms with Crippen molar-refractivity contribution in [2.75, 3.05) is 5.32 Å². The van der Waals surface area contributed by atoms with Crippen molar-refractivity contribution in [3.8, 4) is 34.1 Å². The summed E-state index contributed by atoms with van der Waals surface area (Å²) in [4.78, 5) is 24.7. The number of carboxylic acid groups (broad SMARTS) is 1. The lowest BCUT2D eigenvalue weighted by molar-refractivity contribution is -0.148. The number of hydrogen-bond acceptors (Lipinski definition) is 5. The third kappa shape index (κ3) is 4.85. The Morgan fingerprint density at radius 1 is 0.905 bits per heavy atom. The van der Waals surface area contributed by atoms with Crippen molar-refractivity contribution >= 4 is 22.7 Å². The molecule has 0 unspecified atom stereocenters. The minimum Gasteiger partial charge on any atom is -0.481 e. The predicted octanol–water partition coefficient (Wildman–Crippen LogP) is 7.66. The molecule has 3 fully saturated rings. The molecule has 3 N–H and O–H groups in total. The Labute approximate surface area is 240 Å². The fraction of sp³-hybridized carbons (Fsp3) is 0.242. The fourth-order valence-corrected chi connectivity index (χ4v) is 6.63. The Morgan fingerprint density at radius 3 is 2.36 bits per heavy atom. The molecule has 2 aromatic heterocycles. The van der Waals surface area contributed by atoms with E-state index in [1.54, 1.807) is 12.3 Å². The number of aromatic amines is 1. The lowest BCUT2D eigenvalue weighted by Crippen LogP contribution is -2.51. The SMILES string of the molecule is O=C(O)[C@H]1C2CCC(CC2)[C@@H]1Nc1cc(-c2ccc(Oc3ccccc3)cc2)nc(-c2c[nH]c3c(F)cc(F)cc23)n1. The van der Waals surface area contributed by atoms with Crippen LogP contribution in [0.4, 0.5) is 14.6 Å². The largest absolute Gasteiger partial charge is 0.481 e. The van der Waals surface area contributed by atoms with Crippen LogP contribution in [0.25, 0.3) is 33.5 Å². The molecule has 5 aromatic rings. The molecule has 2 bridgehead atoms. The first-order chi connectivity index (χ1) is 20.4. The van der Waals surface area contributed by atoms with Crippen molar-refractivity contribution < 1.29 is 23.4 Å². The lowest BCUT2D eigenvalue weighted by atomic mass is 9.61. The van der Waals surface area contributed by atoms with Gasteiger partial charge in [0.05, 0.1) is 17.1 Å². The standard InChI is InChI=1S/C33H28F2N4O3/c34-21-14-24-25(17-36-31(24)26(35)15-21)32-37-27(18-10-12-23(13-11-18)42-22-4-2-1-3-5-22)16-28(39-32)38-30-20-8-6-19(7-9-20)29(30)33(40)41/h1-5,10-17,19-20,29-30,36H,6-9H2,(H,40,41)(H,37,38,39)/t19?,20?,29-,30-/m0/s1. The highest BCUT2D eigenvalue weighted by Crippen LogP contribution is 2.46. The first kappa shape index (κ1) is 26.1. The molecule has 8 rings (SSSR count). The van der Waals surface area contributed by atoms with Crippen LogP contribution in [0.2, 0.25) is 0 Å². The van der Waals surface area contributed by atoms with Gasteiger partial charge in [-0.2, -0.15) is 0 Å². The van der Waals surface area contributed by atoms with Crippen LogP contribution >= 0.6 is 0 Å². The molecule has 0 radical (unpaired) electrons. The Morgan fingerprint density at radius 2 is 1.62 bits per heavy atom. The van der Waals surface area contributed by atoms with Crippen molar-refractivity contribution in [1.82, 2.24) is 15.0 Å². The molecule has 2 heterocycles. The smallest absolute Gasteiger partial charge is 0.308 e. The molecule has 9 heteroatoms. The fourth-order valence-electron chi connectivity index (χ4n) is 6.63. The second kappa shape index (κ2) is 10.6. The second-order valence-corrected chi connectivity index (χ2v) is 11.1. The van der Waals surface area contributed by atoms with Gasteiger partial charge < -0.3 is 20.1 Å². The van der Waals surface area contributed by atoms with Gasteiger partial charge in [0.15, 0.2) is 5.82 Å². The van der Waals surface area contributed by atoms with E-state index >= 15 is 0 Å². The van der Waals surface area contributed by atoms with Crippen LogP contribution in [0.3, 0.4) is 0 Å². The number of nitrogens with one attached hydrogen (secondary N) is 2. The summed E-state index contributed by atoms with van der Waals surface area (Å²) in [5.41, 5.74) is 1.96. The lowest BCUT2D eigenvalue weighted by Gasteiger charge is -2.47. The Hall–Kier alpha value is -4.79. The van der Waals surface area contributed by atoms with E-state index in [0.717, 1.165) is 43.1 Å². The molecule has 2 atom stereocenters. The molecule has 212 valence electrons. The van der Waals surface area contributed by atoms with Crippen molar-refractivity contribution in [3.05, 3.63) is 90.6 Å². The maximum atomic E-state index is 14.5. The maximum Gasteiger partial charge on any atom is 0.308 e. The third-order valence-electron chi connectivity index (χ3n) is 8.62. The van der Waals surface area contributed by atoms with Crippen LogP contribution in [0, 0.1) is 29.4 Å². The number of nitrogens with zero attached hydrogens (tertiary/aromatic N) is 2. The zero-order valence-electron chi connectivity index (χ0n) is 22.6. The van der Waals surface area contributed by atoms with E-state index in [4.69, 9.17) is 14.7 Å². The zero-order chi connectivity index (χ0) is 28.8. The van der Waals surface area contributed by atoms with E-state index in [0.29, 0.717) is 28.2 Å². The monoisotopic (exact) mass is 566 g/mol. The summed E-state index contributed by atoms with van der Waals surface area (Å²) in [7, 11) is 0. The second-order valence-electron chi connectivity index (χ2n) is 11.1. The number of anilines is 1. The number of H-pyrrole nitrogens is 1. The molecule has 7 nitrogen and oxygen atoms in total. The van der Waals surface area contributed by atoms with Crippen molar-refractivity contribution in [3.63, 3.8) is 0 Å². The Bertz CT molecular complexity index is 1770. The molecular weight excluding hydrogens is 538 g/mol. The van der Waals surface area contributed by atoms with E-state index in [2.05, 4.69) is 10.3 Å². The molecule has 42 heavy (non-hydrogen) atoms. The molecule has 0 amide bonds. The third-order valence-corrected chi connectivity index (χ3v) is 8.62. The number of rotatable bonds is 7. The molecule has 3 aliphatic rings. The minimum absolute atomic E-state index is 0.127. The van der Waals surface area contributed by atoms with E-state index < -0.39 is 23.5 Å². The van der Waals surface area contributed by atoms with Crippen LogP contribution in [-0.4, -0.2) is 32.1 Å². The quantitative estimate of drug-likeness (QED) is 0.187. The number of aromatic nitrogens is 3. The summed E-state index contributed by atoms with van der Waals surface area (Å²) in [5, 5.41) is 13.9. The Kier molecular flexibility index (Phi) is 6.57. The molecule has 0 spiro atoms. The molecule has 0 aliphatic heterocycles. The van der Waals surface area contributed by atoms with Crippen molar-refractivity contribution in [1.29, 1.82) is 0 Å². The molecular formula is C33H28F2N4O3. The zero-order valence-corrected chi connectivity index (χ0v) is 22.6. The van der Waals surface area contributed by atoms with E-state index in [9.17, 15) is 18.7 Å². The number of fused-ring (bicyclic) bond motifs is 4. The number of aliphatic carboxylic acids is 1. The van der Waals surface area contributed by atoms with Gasteiger partial charge in [-0.05, 0) is 80.0 Å². The summed E-state index contributed by atoms with van der Waals surface area (Å²) in [6.07, 6.45) is 5.35. The van der Waals surface area contributed by atoms with E-state index in [-0.39, 0.29) is 29.2 Å². The summed E-state index contributed by atoms with van der Waals surface area (Å²) in [5.74, 6) is -0.256. The van der Waals surface area contributed by atoms with Crippen molar-refractivity contribution in [2.45, 2.75) is 31.7 Å². The molecule has 0 saturated heterocycles. The highest BCUT2D eigenvalue weighted by molar-refractivity contribution is 5.94. The number of hydrogen-bond donors (Lipinski definition) is 3. The van der Waals surface area contributed by atoms with Crippen LogP contribution in [0.15, 0.2) is 79.0 Å². The van der Waals surface area contributed by atoms with Gasteiger partial charge in [0.2, 0.25) is 0 Å². The molecule has 3 aliphatic carbocycles. The van der Waals surface area contributed by atoms with E-state index in [1.807, 2.05) is 54.6 Å². The van der Waals surface area contributed by atoms with Crippen LogP contribution in [0.1, 0.15) is 25.7 Å². The van der Waals surface area contributed by atoms with Crippen LogP contribution in [-0.2, 0) is 4.79 Å². The molecule has 3 saturated carbocycles. The first-order valence-corrected chi connectivity index (χ1v) is 14.1. The van der Waals surface area contributed by atoms with Gasteiger partial charge in [0.1, 0.15) is 29.0 Å². The summed E-state index contributed by atoms with van der Waals surface area (Å²) in [6.45, 7) is 0. The van der Waals surface area contributed by atoms with Gasteiger partial charge in [0, 0.05) is 40.9 Å². The number of para-hydroxylation sites is 1. The minimum atomic E-state index is -0.798. The number of halogens is 2. The maximum absolute atomic E-state index is 14.5. The average molecular weight is 567 g/mol. The average Bonchev–Trinajstić information content (AvgIpc) is 3.43. The van der Waals surface area contributed by atoms with Gasteiger partial charge in [-0.25, -0.2) is 18.7 Å². The van der Waals surface area contributed by atoms with E-state index in [1.165, 1.54) is 6.07 Å². The summed E-state index contributed by atoms with van der Waals surface area (Å²) >= 11 is 0. The summed E-state index contributed by atoms with van der Waals surface area (Å²) < 4.78 is 34.7. The topological polar surface area (TPSA) is 100 Å². The van der Waals surface area contributed by atoms with Gasteiger partial charge in [-0.15, -0.1) is 0 Å². The number of benzene rings is 3. The first-order valence-electron chi connectivity index (χ1n) is 14.1. The Balaban J connectivity index is 1.29. The highest BCUT2D eigenvalue weighted by atomic mass is 19.1. The van der Waals surface area contributed by atoms with Gasteiger partial charge in [0.25, 0.3) is 0 Å². The number of ether oxygens (including phenoxy) is 1. The van der Waals surface area contributed by atoms with Gasteiger partial charge >= 0.3 is 5.97 Å². The number of carbonyl (C=O) groups is 1. The van der Waals surface area contributed by atoms with Crippen LogP contribution < -0.4 is 10.1 Å². The van der Waals surface area contributed by atoms with Gasteiger partial charge in [-0.3, -0.25) is 4.79 Å². The highest BCUT2D eigenvalue weighted by Gasteiger charge is 2.47. The van der Waals surface area contributed by atoms with Crippen LogP contribution in [0.5, 0.6) is 11.5 Å². The molecule has 3 aromatic carbocycles.